The van der Waals surface area contributed by atoms with Crippen LogP contribution >= 0.6 is 0 Å². The van der Waals surface area contributed by atoms with Gasteiger partial charge in [0.25, 0.3) is 0 Å². The van der Waals surface area contributed by atoms with Gasteiger partial charge in [0, 0.05) is 26.4 Å². The third-order valence-corrected chi connectivity index (χ3v) is 6.41. The average molecular weight is 334 g/mol. The minimum absolute atomic E-state index is 0.0224. The Morgan fingerprint density at radius 1 is 1.29 bits per heavy atom. The molecule has 118 valence electrons. The van der Waals surface area contributed by atoms with Crippen molar-refractivity contribution in [2.24, 2.45) is 0 Å². The van der Waals surface area contributed by atoms with Crippen molar-refractivity contribution in [3.63, 3.8) is 0 Å². The third kappa shape index (κ3) is 3.20. The Labute approximate surface area is 124 Å². The molecule has 1 aliphatic heterocycles. The molecule has 9 heteroatoms. The molecule has 0 amide bonds. The average Bonchev–Trinajstić information content (AvgIpc) is 2.84. The predicted octanol–water partition coefficient (Wildman–Crippen LogP) is -0.113. The van der Waals surface area contributed by atoms with Crippen molar-refractivity contribution in [1.29, 1.82) is 0 Å². The molecule has 1 saturated heterocycles. The molecular weight excluding hydrogens is 316 g/mol. The Morgan fingerprint density at radius 2 is 1.95 bits per heavy atom. The van der Waals surface area contributed by atoms with E-state index in [2.05, 4.69) is 5.32 Å². The zero-order valence-electron chi connectivity index (χ0n) is 11.8. The lowest BCUT2D eigenvalue weighted by molar-refractivity contribution is 0.189. The Kier molecular flexibility index (Phi) is 4.29. The van der Waals surface area contributed by atoms with Gasteiger partial charge in [-0.15, -0.1) is 0 Å². The van der Waals surface area contributed by atoms with Gasteiger partial charge >= 0.3 is 0 Å². The Morgan fingerprint density at radius 3 is 2.43 bits per heavy atom. The molecule has 0 radical (unpaired) electrons. The van der Waals surface area contributed by atoms with Crippen LogP contribution < -0.4 is 5.32 Å². The Balaban J connectivity index is 2.55. The first kappa shape index (κ1) is 16.2. The van der Waals surface area contributed by atoms with Crippen LogP contribution in [0.3, 0.4) is 0 Å². The van der Waals surface area contributed by atoms with Crippen molar-refractivity contribution < 1.29 is 21.9 Å². The van der Waals surface area contributed by atoms with Crippen LogP contribution in [0.1, 0.15) is 6.42 Å². The number of benzene rings is 1. The molecule has 0 aromatic heterocycles. The largest absolute Gasteiger partial charge is 0.392 e. The Bertz CT molecular complexity index is 743. The SMILES string of the molecule is CNc1ccc(S(C)(=O)=O)cc1S(=O)(=O)N1CCC(O)C1. The van der Waals surface area contributed by atoms with E-state index in [1.54, 1.807) is 7.05 Å². The summed E-state index contributed by atoms with van der Waals surface area (Å²) < 4.78 is 49.6. The molecule has 2 N–H and O–H groups in total. The lowest BCUT2D eigenvalue weighted by Gasteiger charge is -2.18. The summed E-state index contributed by atoms with van der Waals surface area (Å²) in [5.74, 6) is 0. The minimum Gasteiger partial charge on any atom is -0.392 e. The van der Waals surface area contributed by atoms with E-state index >= 15 is 0 Å². The highest BCUT2D eigenvalue weighted by atomic mass is 32.2. The van der Waals surface area contributed by atoms with Crippen molar-refractivity contribution in [1.82, 2.24) is 4.31 Å². The highest BCUT2D eigenvalue weighted by Gasteiger charge is 2.33. The maximum Gasteiger partial charge on any atom is 0.245 e. The van der Waals surface area contributed by atoms with E-state index in [1.165, 1.54) is 16.4 Å². The van der Waals surface area contributed by atoms with Crippen LogP contribution in [0.25, 0.3) is 0 Å². The van der Waals surface area contributed by atoms with Gasteiger partial charge in [-0.05, 0) is 24.6 Å². The zero-order chi connectivity index (χ0) is 15.8. The molecular formula is C12H18N2O5S2. The van der Waals surface area contributed by atoms with Crippen molar-refractivity contribution in [3.8, 4) is 0 Å². The first-order valence-electron chi connectivity index (χ1n) is 6.36. The van der Waals surface area contributed by atoms with Crippen LogP contribution in [0.4, 0.5) is 5.69 Å². The van der Waals surface area contributed by atoms with E-state index in [1.807, 2.05) is 0 Å². The first-order chi connectivity index (χ1) is 9.66. The van der Waals surface area contributed by atoms with E-state index in [-0.39, 0.29) is 22.9 Å². The molecule has 1 aromatic carbocycles. The molecule has 0 bridgehead atoms. The quantitative estimate of drug-likeness (QED) is 0.796. The number of aliphatic hydroxyl groups excluding tert-OH is 1. The first-order valence-corrected chi connectivity index (χ1v) is 9.69. The molecule has 1 fully saturated rings. The number of sulfone groups is 1. The fraction of sp³-hybridized carbons (Fsp3) is 0.500. The van der Waals surface area contributed by atoms with Gasteiger partial charge in [-0.25, -0.2) is 16.8 Å². The van der Waals surface area contributed by atoms with Gasteiger partial charge in [0.1, 0.15) is 4.90 Å². The van der Waals surface area contributed by atoms with Crippen molar-refractivity contribution in [3.05, 3.63) is 18.2 Å². The predicted molar refractivity (Wildman–Crippen MR) is 78.5 cm³/mol. The van der Waals surface area contributed by atoms with Crippen LogP contribution in [0.2, 0.25) is 0 Å². The standard InChI is InChI=1S/C12H18N2O5S2/c1-13-11-4-3-10(20(2,16)17)7-12(11)21(18,19)14-6-5-9(15)8-14/h3-4,7,9,13,15H,5-6,8H2,1-2H3. The number of hydrogen-bond donors (Lipinski definition) is 2. The molecule has 1 aromatic rings. The zero-order valence-corrected chi connectivity index (χ0v) is 13.4. The number of β-amino-alcohol motifs (C(OH)–C–C–N with tert-alkyl or cyclic N) is 1. The maximum absolute atomic E-state index is 12.6. The van der Waals surface area contributed by atoms with Gasteiger partial charge in [0.15, 0.2) is 9.84 Å². The van der Waals surface area contributed by atoms with Crippen molar-refractivity contribution in [2.75, 3.05) is 31.7 Å². The molecule has 1 unspecified atom stereocenters. The van der Waals surface area contributed by atoms with E-state index in [9.17, 15) is 21.9 Å². The normalized spacial score (nSPS) is 20.6. The lowest BCUT2D eigenvalue weighted by Crippen LogP contribution is -2.30. The highest BCUT2D eigenvalue weighted by Crippen LogP contribution is 2.29. The van der Waals surface area contributed by atoms with E-state index in [0.29, 0.717) is 12.1 Å². The summed E-state index contributed by atoms with van der Waals surface area (Å²) in [7, 11) is -5.79. The summed E-state index contributed by atoms with van der Waals surface area (Å²) in [6, 6.07) is 3.94. The van der Waals surface area contributed by atoms with Gasteiger partial charge in [-0.3, -0.25) is 0 Å². The number of nitrogens with zero attached hydrogens (tertiary/aromatic N) is 1. The number of hydrogen-bond acceptors (Lipinski definition) is 6. The fourth-order valence-electron chi connectivity index (χ4n) is 2.22. The number of aliphatic hydroxyl groups is 1. The molecule has 1 atom stereocenters. The molecule has 0 aliphatic carbocycles. The smallest absolute Gasteiger partial charge is 0.245 e. The summed E-state index contributed by atoms with van der Waals surface area (Å²) in [5, 5.41) is 12.3. The van der Waals surface area contributed by atoms with Crippen LogP contribution in [-0.2, 0) is 19.9 Å². The van der Waals surface area contributed by atoms with Crippen LogP contribution in [0.15, 0.2) is 28.0 Å². The molecule has 0 saturated carbocycles. The molecule has 2 rings (SSSR count). The number of sulfonamides is 1. The second kappa shape index (κ2) is 5.56. The van der Waals surface area contributed by atoms with Crippen LogP contribution in [0, 0.1) is 0 Å². The fourth-order valence-corrected chi connectivity index (χ4v) is 4.66. The summed E-state index contributed by atoms with van der Waals surface area (Å²) in [6.45, 7) is 0.240. The van der Waals surface area contributed by atoms with Crippen molar-refractivity contribution >= 4 is 25.5 Å². The summed E-state index contributed by atoms with van der Waals surface area (Å²) in [4.78, 5) is -0.151. The number of rotatable bonds is 4. The molecule has 1 heterocycles. The summed E-state index contributed by atoms with van der Waals surface area (Å²) in [6.07, 6.45) is 0.716. The maximum atomic E-state index is 12.6. The van der Waals surface area contributed by atoms with E-state index < -0.39 is 26.0 Å². The minimum atomic E-state index is -3.85. The van der Waals surface area contributed by atoms with Gasteiger partial charge < -0.3 is 10.4 Å². The second-order valence-corrected chi connectivity index (χ2v) is 8.91. The van der Waals surface area contributed by atoms with Gasteiger partial charge in [-0.2, -0.15) is 4.31 Å². The highest BCUT2D eigenvalue weighted by molar-refractivity contribution is 7.91. The number of nitrogens with one attached hydrogen (secondary N) is 1. The number of anilines is 1. The van der Waals surface area contributed by atoms with E-state index in [0.717, 1.165) is 12.3 Å². The molecule has 0 spiro atoms. The molecule has 7 nitrogen and oxygen atoms in total. The van der Waals surface area contributed by atoms with Gasteiger partial charge in [0.2, 0.25) is 10.0 Å². The van der Waals surface area contributed by atoms with Crippen molar-refractivity contribution in [2.45, 2.75) is 22.3 Å². The van der Waals surface area contributed by atoms with E-state index in [4.69, 9.17) is 0 Å². The summed E-state index contributed by atoms with van der Waals surface area (Å²) in [5.41, 5.74) is 0.323. The second-order valence-electron chi connectivity index (χ2n) is 4.99. The molecule has 1 aliphatic rings. The van der Waals surface area contributed by atoms with Crippen LogP contribution in [-0.4, -0.2) is 58.7 Å². The molecule has 21 heavy (non-hydrogen) atoms. The Hall–Kier alpha value is -1.16. The monoisotopic (exact) mass is 334 g/mol. The van der Waals surface area contributed by atoms with Gasteiger partial charge in [-0.1, -0.05) is 0 Å². The lowest BCUT2D eigenvalue weighted by atomic mass is 10.3. The third-order valence-electron chi connectivity index (χ3n) is 3.39. The van der Waals surface area contributed by atoms with Gasteiger partial charge in [0.05, 0.1) is 16.7 Å². The van der Waals surface area contributed by atoms with Crippen LogP contribution in [0.5, 0.6) is 0 Å². The topological polar surface area (TPSA) is 104 Å². The summed E-state index contributed by atoms with van der Waals surface area (Å²) >= 11 is 0.